The molecule has 1 aromatic heterocycles. The number of hydrogen-bond donors (Lipinski definition) is 0. The fourth-order valence-corrected chi connectivity index (χ4v) is 4.96. The van der Waals surface area contributed by atoms with Crippen LogP contribution in [0.2, 0.25) is 5.02 Å². The second kappa shape index (κ2) is 10.2. The van der Waals surface area contributed by atoms with Crippen LogP contribution in [0.3, 0.4) is 0 Å². The average molecular weight is 499 g/mol. The molecule has 4 aromatic carbocycles. The van der Waals surface area contributed by atoms with Gasteiger partial charge in [-0.2, -0.15) is 0 Å². The minimum atomic E-state index is 0.145. The number of aromatic nitrogens is 2. The van der Waals surface area contributed by atoms with Crippen molar-refractivity contribution in [3.8, 4) is 11.5 Å². The minimum absolute atomic E-state index is 0.145. The van der Waals surface area contributed by atoms with Crippen LogP contribution in [0.15, 0.2) is 72.8 Å². The van der Waals surface area contributed by atoms with E-state index >= 15 is 0 Å². The molecule has 0 fully saturated rings. The summed E-state index contributed by atoms with van der Waals surface area (Å²) in [4.78, 5) is 5.05. The van der Waals surface area contributed by atoms with E-state index in [0.717, 1.165) is 57.5 Å². The molecular weight excluding hydrogens is 468 g/mol. The van der Waals surface area contributed by atoms with Gasteiger partial charge < -0.3 is 14.0 Å². The predicted molar refractivity (Wildman–Crippen MR) is 149 cm³/mol. The largest absolute Gasteiger partial charge is 0.497 e. The molecule has 0 spiro atoms. The van der Waals surface area contributed by atoms with Gasteiger partial charge in [-0.1, -0.05) is 54.9 Å². The molecule has 0 aliphatic carbocycles. The van der Waals surface area contributed by atoms with Gasteiger partial charge in [-0.3, -0.25) is 0 Å². The van der Waals surface area contributed by atoms with Crippen LogP contribution in [0.4, 0.5) is 0 Å². The molecule has 5 aromatic rings. The summed E-state index contributed by atoms with van der Waals surface area (Å²) < 4.78 is 13.8. The first kappa shape index (κ1) is 24.2. The zero-order valence-corrected chi connectivity index (χ0v) is 22.0. The van der Waals surface area contributed by atoms with Gasteiger partial charge >= 0.3 is 0 Å². The highest BCUT2D eigenvalue weighted by Gasteiger charge is 2.18. The number of aryl methyl sites for hydroxylation is 3. The van der Waals surface area contributed by atoms with Crippen LogP contribution in [-0.4, -0.2) is 23.3 Å². The van der Waals surface area contributed by atoms with Crippen LogP contribution in [0.5, 0.6) is 11.5 Å². The lowest BCUT2D eigenvalue weighted by atomic mass is 9.97. The summed E-state index contributed by atoms with van der Waals surface area (Å²) in [6.45, 7) is 7.71. The van der Waals surface area contributed by atoms with Gasteiger partial charge in [0.1, 0.15) is 17.3 Å². The fourth-order valence-electron chi connectivity index (χ4n) is 4.85. The van der Waals surface area contributed by atoms with E-state index in [1.165, 1.54) is 16.3 Å². The first-order valence-electron chi connectivity index (χ1n) is 12.4. The maximum Gasteiger partial charge on any atom is 0.119 e. The molecule has 0 N–H and O–H groups in total. The third-order valence-electron chi connectivity index (χ3n) is 6.85. The van der Waals surface area contributed by atoms with E-state index in [1.807, 2.05) is 38.1 Å². The van der Waals surface area contributed by atoms with E-state index in [4.69, 9.17) is 26.1 Å². The van der Waals surface area contributed by atoms with Crippen molar-refractivity contribution >= 4 is 33.4 Å². The predicted octanol–water partition coefficient (Wildman–Crippen LogP) is 8.09. The third kappa shape index (κ3) is 4.78. The van der Waals surface area contributed by atoms with Gasteiger partial charge in [-0.25, -0.2) is 4.98 Å². The van der Waals surface area contributed by atoms with Gasteiger partial charge in [0.15, 0.2) is 0 Å². The smallest absolute Gasteiger partial charge is 0.119 e. The van der Waals surface area contributed by atoms with Crippen molar-refractivity contribution in [2.75, 3.05) is 13.7 Å². The van der Waals surface area contributed by atoms with Crippen LogP contribution in [-0.2, 0) is 6.54 Å². The molecule has 36 heavy (non-hydrogen) atoms. The number of imidazole rings is 1. The number of methoxy groups -OCH3 is 1. The summed E-state index contributed by atoms with van der Waals surface area (Å²) >= 11 is 6.31. The zero-order chi connectivity index (χ0) is 25.2. The van der Waals surface area contributed by atoms with E-state index in [9.17, 15) is 0 Å². The number of hydrogen-bond acceptors (Lipinski definition) is 3. The van der Waals surface area contributed by atoms with Crippen molar-refractivity contribution in [3.63, 3.8) is 0 Å². The molecule has 0 amide bonds. The molecule has 1 atom stereocenters. The Morgan fingerprint density at radius 1 is 0.889 bits per heavy atom. The van der Waals surface area contributed by atoms with Crippen molar-refractivity contribution in [1.29, 1.82) is 0 Å². The lowest BCUT2D eigenvalue weighted by Gasteiger charge is -2.16. The highest BCUT2D eigenvalue weighted by atomic mass is 35.5. The van der Waals surface area contributed by atoms with Crippen molar-refractivity contribution in [2.45, 2.75) is 39.7 Å². The van der Waals surface area contributed by atoms with Gasteiger partial charge in [0, 0.05) is 17.5 Å². The Bertz CT molecular complexity index is 1520. The number of ether oxygens (including phenoxy) is 2. The van der Waals surface area contributed by atoms with E-state index in [0.29, 0.717) is 6.61 Å². The summed E-state index contributed by atoms with van der Waals surface area (Å²) in [7, 11) is 1.70. The first-order valence-corrected chi connectivity index (χ1v) is 12.7. The lowest BCUT2D eigenvalue weighted by molar-refractivity contribution is 0.301. The molecule has 0 aliphatic heterocycles. The Kier molecular flexibility index (Phi) is 6.88. The SMILES string of the molecule is COc1ccc2cc(C(C)c3nc4ccccc4n3CCCOc3cc(C)c(Cl)c(C)c3)ccc2c1. The number of nitrogens with zero attached hydrogens (tertiary/aromatic N) is 2. The van der Waals surface area contributed by atoms with Crippen LogP contribution < -0.4 is 9.47 Å². The standard InChI is InChI=1S/C31H31ClN2O2/c1-20-16-27(17-21(2)30(20)32)36-15-7-14-34-29-9-6-5-8-28(29)33-31(34)22(3)23-10-11-25-19-26(35-4)13-12-24(25)18-23/h5-6,8-13,16-19,22H,7,14-15H2,1-4H3. The summed E-state index contributed by atoms with van der Waals surface area (Å²) in [6.07, 6.45) is 0.873. The number of rotatable bonds is 8. The van der Waals surface area contributed by atoms with Crippen molar-refractivity contribution < 1.29 is 9.47 Å². The molecule has 0 saturated carbocycles. The monoisotopic (exact) mass is 498 g/mol. The number of para-hydroxylation sites is 2. The van der Waals surface area contributed by atoms with Gasteiger partial charge in [0.2, 0.25) is 0 Å². The summed E-state index contributed by atoms with van der Waals surface area (Å²) in [5.74, 6) is 2.95. The Morgan fingerprint density at radius 2 is 1.61 bits per heavy atom. The van der Waals surface area contributed by atoms with Crippen molar-refractivity contribution in [2.24, 2.45) is 0 Å². The van der Waals surface area contributed by atoms with Gasteiger partial charge in [-0.05, 0) is 84.1 Å². The molecular formula is C31H31ClN2O2. The Balaban J connectivity index is 1.38. The molecule has 4 nitrogen and oxygen atoms in total. The molecule has 0 bridgehead atoms. The number of benzene rings is 4. The van der Waals surface area contributed by atoms with Crippen LogP contribution in [0.25, 0.3) is 21.8 Å². The van der Waals surface area contributed by atoms with Crippen LogP contribution in [0, 0.1) is 13.8 Å². The second-order valence-corrected chi connectivity index (χ2v) is 9.76. The molecule has 1 unspecified atom stereocenters. The fraction of sp³-hybridized carbons (Fsp3) is 0.258. The number of halogens is 1. The van der Waals surface area contributed by atoms with Crippen LogP contribution >= 0.6 is 11.6 Å². The summed E-state index contributed by atoms with van der Waals surface area (Å²) in [5.41, 5.74) is 5.50. The second-order valence-electron chi connectivity index (χ2n) is 9.38. The highest BCUT2D eigenvalue weighted by Crippen LogP contribution is 2.31. The molecule has 0 aliphatic rings. The van der Waals surface area contributed by atoms with Crippen molar-refractivity contribution in [1.82, 2.24) is 9.55 Å². The van der Waals surface area contributed by atoms with E-state index in [2.05, 4.69) is 60.0 Å². The molecule has 184 valence electrons. The van der Waals surface area contributed by atoms with E-state index < -0.39 is 0 Å². The first-order chi connectivity index (χ1) is 17.4. The molecule has 5 rings (SSSR count). The van der Waals surface area contributed by atoms with Crippen molar-refractivity contribution in [3.05, 3.63) is 100 Å². The summed E-state index contributed by atoms with van der Waals surface area (Å²) in [5, 5.41) is 3.17. The van der Waals surface area contributed by atoms with E-state index in [1.54, 1.807) is 7.11 Å². The normalized spacial score (nSPS) is 12.2. The lowest BCUT2D eigenvalue weighted by Crippen LogP contribution is -2.11. The molecule has 1 heterocycles. The zero-order valence-electron chi connectivity index (χ0n) is 21.2. The highest BCUT2D eigenvalue weighted by molar-refractivity contribution is 6.32. The van der Waals surface area contributed by atoms with Crippen LogP contribution in [0.1, 0.15) is 41.8 Å². The topological polar surface area (TPSA) is 36.3 Å². The number of fused-ring (bicyclic) bond motifs is 2. The van der Waals surface area contributed by atoms with Gasteiger partial charge in [-0.15, -0.1) is 0 Å². The minimum Gasteiger partial charge on any atom is -0.497 e. The Hall–Kier alpha value is -3.50. The third-order valence-corrected chi connectivity index (χ3v) is 7.44. The Labute approximate surface area is 217 Å². The molecule has 0 saturated heterocycles. The quantitative estimate of drug-likeness (QED) is 0.203. The van der Waals surface area contributed by atoms with Gasteiger partial charge in [0.25, 0.3) is 0 Å². The molecule has 0 radical (unpaired) electrons. The maximum absolute atomic E-state index is 6.31. The average Bonchev–Trinajstić information content (AvgIpc) is 3.27. The Morgan fingerprint density at radius 3 is 2.39 bits per heavy atom. The van der Waals surface area contributed by atoms with E-state index in [-0.39, 0.29) is 5.92 Å². The molecule has 5 heteroatoms. The summed E-state index contributed by atoms with van der Waals surface area (Å²) in [6, 6.07) is 25.2. The van der Waals surface area contributed by atoms with Gasteiger partial charge in [0.05, 0.1) is 24.8 Å². The maximum atomic E-state index is 6.31.